The molecule has 0 N–H and O–H groups in total. The number of nitrogens with zero attached hydrogens (tertiary/aromatic N) is 3. The molecule has 10 heteroatoms. The number of rotatable bonds is 8. The average molecular weight is 514 g/mol. The van der Waals surface area contributed by atoms with Crippen molar-refractivity contribution in [3.8, 4) is 17.2 Å². The number of methoxy groups -OCH3 is 3. The fourth-order valence-corrected chi connectivity index (χ4v) is 6.88. The van der Waals surface area contributed by atoms with Crippen molar-refractivity contribution in [2.75, 3.05) is 21.3 Å². The van der Waals surface area contributed by atoms with Crippen molar-refractivity contribution >= 4 is 32.8 Å². The number of aryl methyl sites for hydroxylation is 2. The topological polar surface area (TPSA) is 92.5 Å². The summed E-state index contributed by atoms with van der Waals surface area (Å²) in [6.45, 7) is 5.71. The average Bonchev–Trinajstić information content (AvgIpc) is 3.22. The minimum atomic E-state index is -4.05. The standard InChI is InChI=1S/C25H27N3O5S2/c1-15-7-10-22(32-5)23(11-15)35(29,30)28-21-9-8-18(31-4)12-19(21)27-25(28)34-14-20-17(3)24(33-6)16(2)13-26-20/h7-13H,14H2,1-6H3. The van der Waals surface area contributed by atoms with Crippen LogP contribution in [-0.4, -0.2) is 43.7 Å². The Morgan fingerprint density at radius 3 is 2.43 bits per heavy atom. The predicted octanol–water partition coefficient (Wildman–Crippen LogP) is 4.91. The Hall–Kier alpha value is -3.24. The van der Waals surface area contributed by atoms with E-state index in [9.17, 15) is 8.42 Å². The molecule has 2 aromatic heterocycles. The van der Waals surface area contributed by atoms with Gasteiger partial charge in [-0.2, -0.15) is 0 Å². The highest BCUT2D eigenvalue weighted by atomic mass is 32.2. The molecule has 0 atom stereocenters. The summed E-state index contributed by atoms with van der Waals surface area (Å²) in [6.07, 6.45) is 1.75. The third-order valence-electron chi connectivity index (χ3n) is 5.72. The molecular weight excluding hydrogens is 486 g/mol. The molecule has 2 aromatic carbocycles. The van der Waals surface area contributed by atoms with Crippen molar-refractivity contribution in [2.24, 2.45) is 0 Å². The van der Waals surface area contributed by atoms with Gasteiger partial charge in [0.15, 0.2) is 5.16 Å². The molecular formula is C25H27N3O5S2. The quantitative estimate of drug-likeness (QED) is 0.307. The molecule has 0 amide bonds. The summed E-state index contributed by atoms with van der Waals surface area (Å²) in [6, 6.07) is 10.2. The lowest BCUT2D eigenvalue weighted by molar-refractivity contribution is 0.402. The summed E-state index contributed by atoms with van der Waals surface area (Å²) in [5.41, 5.74) is 4.39. The van der Waals surface area contributed by atoms with E-state index < -0.39 is 10.0 Å². The molecule has 4 aromatic rings. The van der Waals surface area contributed by atoms with Crippen LogP contribution >= 0.6 is 11.8 Å². The van der Waals surface area contributed by atoms with Crippen molar-refractivity contribution in [1.82, 2.24) is 13.9 Å². The van der Waals surface area contributed by atoms with Crippen LogP contribution in [0.1, 0.15) is 22.4 Å². The number of benzene rings is 2. The van der Waals surface area contributed by atoms with Gasteiger partial charge in [0.25, 0.3) is 10.0 Å². The van der Waals surface area contributed by atoms with Gasteiger partial charge in [-0.25, -0.2) is 17.4 Å². The van der Waals surface area contributed by atoms with Crippen LogP contribution in [0.3, 0.4) is 0 Å². The molecule has 0 aliphatic heterocycles. The minimum absolute atomic E-state index is 0.0725. The Morgan fingerprint density at radius 2 is 1.74 bits per heavy atom. The van der Waals surface area contributed by atoms with Crippen LogP contribution in [0.5, 0.6) is 17.2 Å². The van der Waals surface area contributed by atoms with Gasteiger partial charge in [-0.3, -0.25) is 4.98 Å². The van der Waals surface area contributed by atoms with Crippen LogP contribution in [0.15, 0.2) is 52.6 Å². The fraction of sp³-hybridized carbons (Fsp3) is 0.280. The van der Waals surface area contributed by atoms with E-state index in [-0.39, 0.29) is 10.6 Å². The van der Waals surface area contributed by atoms with Crippen LogP contribution < -0.4 is 14.2 Å². The lowest BCUT2D eigenvalue weighted by atomic mass is 10.1. The Balaban J connectivity index is 1.87. The van der Waals surface area contributed by atoms with Crippen molar-refractivity contribution in [3.63, 3.8) is 0 Å². The molecule has 0 saturated heterocycles. The maximum atomic E-state index is 14.0. The zero-order valence-corrected chi connectivity index (χ0v) is 22.1. The fourth-order valence-electron chi connectivity index (χ4n) is 3.90. The second kappa shape index (κ2) is 9.79. The van der Waals surface area contributed by atoms with Gasteiger partial charge < -0.3 is 14.2 Å². The molecule has 8 nitrogen and oxygen atoms in total. The van der Waals surface area contributed by atoms with E-state index in [1.165, 1.54) is 22.8 Å². The van der Waals surface area contributed by atoms with Crippen LogP contribution in [0.2, 0.25) is 0 Å². The number of hydrogen-bond acceptors (Lipinski definition) is 8. The zero-order valence-electron chi connectivity index (χ0n) is 20.4. The predicted molar refractivity (Wildman–Crippen MR) is 136 cm³/mol. The molecule has 0 aliphatic carbocycles. The first-order valence-corrected chi connectivity index (χ1v) is 13.2. The molecule has 0 aliphatic rings. The van der Waals surface area contributed by atoms with Gasteiger partial charge in [-0.15, -0.1) is 0 Å². The van der Waals surface area contributed by atoms with Gasteiger partial charge in [0.05, 0.1) is 38.1 Å². The Labute approximate surface area is 209 Å². The normalized spacial score (nSPS) is 11.6. The largest absolute Gasteiger partial charge is 0.497 e. The first-order chi connectivity index (χ1) is 16.7. The van der Waals surface area contributed by atoms with Crippen LogP contribution in [0.4, 0.5) is 0 Å². The lowest BCUT2D eigenvalue weighted by Gasteiger charge is -2.15. The third-order valence-corrected chi connectivity index (χ3v) is 8.51. The Kier molecular flexibility index (Phi) is 6.95. The Bertz CT molecular complexity index is 1510. The van der Waals surface area contributed by atoms with E-state index in [0.29, 0.717) is 27.7 Å². The highest BCUT2D eigenvalue weighted by Crippen LogP contribution is 2.36. The summed E-state index contributed by atoms with van der Waals surface area (Å²) in [7, 11) is 0.587. The summed E-state index contributed by atoms with van der Waals surface area (Å²) in [5.74, 6) is 2.03. The first-order valence-electron chi connectivity index (χ1n) is 10.8. The van der Waals surface area contributed by atoms with Crippen molar-refractivity contribution in [1.29, 1.82) is 0 Å². The molecule has 0 fully saturated rings. The SMILES string of the molecule is COc1ccc2c(c1)nc(SCc1ncc(C)c(OC)c1C)n2S(=O)(=O)c1cc(C)ccc1OC. The summed E-state index contributed by atoms with van der Waals surface area (Å²) >= 11 is 1.29. The van der Waals surface area contributed by atoms with E-state index in [1.54, 1.807) is 50.7 Å². The van der Waals surface area contributed by atoms with Gasteiger partial charge in [-0.1, -0.05) is 17.8 Å². The maximum Gasteiger partial charge on any atom is 0.274 e. The van der Waals surface area contributed by atoms with E-state index in [1.807, 2.05) is 26.8 Å². The molecule has 0 saturated carbocycles. The minimum Gasteiger partial charge on any atom is -0.497 e. The number of hydrogen-bond donors (Lipinski definition) is 0. The molecule has 0 spiro atoms. The van der Waals surface area contributed by atoms with Gasteiger partial charge in [0, 0.05) is 29.1 Å². The smallest absolute Gasteiger partial charge is 0.274 e. The molecule has 0 radical (unpaired) electrons. The van der Waals surface area contributed by atoms with Crippen molar-refractivity contribution in [2.45, 2.75) is 36.6 Å². The van der Waals surface area contributed by atoms with Crippen LogP contribution in [0.25, 0.3) is 11.0 Å². The molecule has 184 valence electrons. The number of thioether (sulfide) groups is 1. The molecule has 35 heavy (non-hydrogen) atoms. The number of imidazole rings is 1. The van der Waals surface area contributed by atoms with Crippen molar-refractivity contribution in [3.05, 3.63) is 65.0 Å². The van der Waals surface area contributed by atoms with E-state index >= 15 is 0 Å². The highest BCUT2D eigenvalue weighted by Gasteiger charge is 2.28. The summed E-state index contributed by atoms with van der Waals surface area (Å²) in [4.78, 5) is 9.28. The van der Waals surface area contributed by atoms with E-state index in [0.717, 1.165) is 28.1 Å². The Morgan fingerprint density at radius 1 is 0.971 bits per heavy atom. The van der Waals surface area contributed by atoms with Gasteiger partial charge in [0.1, 0.15) is 22.1 Å². The molecule has 2 heterocycles. The van der Waals surface area contributed by atoms with E-state index in [2.05, 4.69) is 9.97 Å². The summed E-state index contributed by atoms with van der Waals surface area (Å²) in [5, 5.41) is 0.317. The third kappa shape index (κ3) is 4.55. The van der Waals surface area contributed by atoms with Gasteiger partial charge in [0.2, 0.25) is 0 Å². The van der Waals surface area contributed by atoms with Crippen molar-refractivity contribution < 1.29 is 22.6 Å². The van der Waals surface area contributed by atoms with E-state index in [4.69, 9.17) is 14.2 Å². The highest BCUT2D eigenvalue weighted by molar-refractivity contribution is 7.99. The molecule has 0 bridgehead atoms. The second-order valence-electron chi connectivity index (χ2n) is 8.01. The zero-order chi connectivity index (χ0) is 25.3. The molecule has 4 rings (SSSR count). The number of aromatic nitrogens is 3. The first kappa shape index (κ1) is 24.9. The second-order valence-corrected chi connectivity index (χ2v) is 10.7. The van der Waals surface area contributed by atoms with Gasteiger partial charge in [-0.05, 0) is 50.6 Å². The number of pyridine rings is 1. The lowest BCUT2D eigenvalue weighted by Crippen LogP contribution is -2.15. The molecule has 0 unspecified atom stereocenters. The number of ether oxygens (including phenoxy) is 3. The monoisotopic (exact) mass is 513 g/mol. The van der Waals surface area contributed by atoms with Crippen LogP contribution in [0, 0.1) is 20.8 Å². The van der Waals surface area contributed by atoms with Gasteiger partial charge >= 0.3 is 0 Å². The maximum absolute atomic E-state index is 14.0. The van der Waals surface area contributed by atoms with Crippen LogP contribution in [-0.2, 0) is 15.8 Å². The number of fused-ring (bicyclic) bond motifs is 1. The summed E-state index contributed by atoms with van der Waals surface area (Å²) < 4.78 is 45.5.